The molecular weight excluding hydrogens is 254 g/mol. The second kappa shape index (κ2) is 6.27. The first-order valence-corrected chi connectivity index (χ1v) is 7.26. The summed E-state index contributed by atoms with van der Waals surface area (Å²) < 4.78 is 5.71. The van der Waals surface area contributed by atoms with Crippen LogP contribution in [-0.4, -0.2) is 41.2 Å². The van der Waals surface area contributed by atoms with E-state index in [2.05, 4.69) is 4.90 Å². The Labute approximate surface area is 120 Å². The van der Waals surface area contributed by atoms with Crippen molar-refractivity contribution in [1.82, 2.24) is 4.90 Å². The normalized spacial score (nSPS) is 22.9. The quantitative estimate of drug-likeness (QED) is 0.868. The Morgan fingerprint density at radius 2 is 2.10 bits per heavy atom. The molecule has 1 saturated heterocycles. The molecular formula is C16H23NO3. The van der Waals surface area contributed by atoms with Crippen LogP contribution < -0.4 is 4.74 Å². The van der Waals surface area contributed by atoms with Crippen molar-refractivity contribution in [2.24, 2.45) is 0 Å². The molecule has 1 aromatic carbocycles. The van der Waals surface area contributed by atoms with Gasteiger partial charge in [-0.05, 0) is 44.9 Å². The molecule has 1 aromatic rings. The molecule has 1 aliphatic heterocycles. The van der Waals surface area contributed by atoms with Gasteiger partial charge in [0.1, 0.15) is 17.9 Å². The number of hydrogen-bond donors (Lipinski definition) is 1. The van der Waals surface area contributed by atoms with E-state index in [-0.39, 0.29) is 0 Å². The third-order valence-electron chi connectivity index (χ3n) is 4.26. The first-order valence-electron chi connectivity index (χ1n) is 7.26. The van der Waals surface area contributed by atoms with Gasteiger partial charge in [0.05, 0.1) is 0 Å². The number of carbonyl (C=O) groups is 1. The summed E-state index contributed by atoms with van der Waals surface area (Å²) in [6.07, 6.45) is 2.33. The van der Waals surface area contributed by atoms with Crippen molar-refractivity contribution in [2.75, 3.05) is 19.7 Å². The fraction of sp³-hybridized carbons (Fsp3) is 0.562. The number of aryl methyl sites for hydroxylation is 1. The molecule has 4 heteroatoms. The van der Waals surface area contributed by atoms with Crippen molar-refractivity contribution in [2.45, 2.75) is 38.6 Å². The van der Waals surface area contributed by atoms with E-state index in [4.69, 9.17) is 4.74 Å². The smallest absolute Gasteiger partial charge is 0.324 e. The van der Waals surface area contributed by atoms with E-state index >= 15 is 0 Å². The van der Waals surface area contributed by atoms with Gasteiger partial charge in [-0.1, -0.05) is 24.6 Å². The van der Waals surface area contributed by atoms with E-state index in [1.807, 2.05) is 38.1 Å². The maximum atomic E-state index is 11.6. The van der Waals surface area contributed by atoms with Crippen LogP contribution in [0.2, 0.25) is 0 Å². The number of ether oxygens (including phenoxy) is 1. The molecule has 1 unspecified atom stereocenters. The molecule has 0 aromatic heterocycles. The second-order valence-electron chi connectivity index (χ2n) is 5.44. The van der Waals surface area contributed by atoms with Crippen molar-refractivity contribution in [3.8, 4) is 5.75 Å². The Balaban J connectivity index is 1.90. The number of aliphatic carboxylic acids is 1. The van der Waals surface area contributed by atoms with Crippen LogP contribution in [0.25, 0.3) is 0 Å². The molecule has 0 saturated carbocycles. The minimum Gasteiger partial charge on any atom is -0.492 e. The SMILES string of the molecule is CCC1(C(=O)O)CCCN1CCOc1ccc(C)cc1. The van der Waals surface area contributed by atoms with Gasteiger partial charge in [0.2, 0.25) is 0 Å². The third kappa shape index (κ3) is 2.96. The molecule has 0 amide bonds. The highest BCUT2D eigenvalue weighted by atomic mass is 16.5. The van der Waals surface area contributed by atoms with Gasteiger partial charge in [0.15, 0.2) is 0 Å². The third-order valence-corrected chi connectivity index (χ3v) is 4.26. The average molecular weight is 277 g/mol. The van der Waals surface area contributed by atoms with Gasteiger partial charge in [0.25, 0.3) is 0 Å². The largest absolute Gasteiger partial charge is 0.492 e. The molecule has 1 fully saturated rings. The van der Waals surface area contributed by atoms with Gasteiger partial charge in [-0.15, -0.1) is 0 Å². The number of carboxylic acids is 1. The molecule has 0 bridgehead atoms. The van der Waals surface area contributed by atoms with E-state index in [1.165, 1.54) is 5.56 Å². The number of nitrogens with zero attached hydrogens (tertiary/aromatic N) is 1. The predicted octanol–water partition coefficient (Wildman–Crippen LogP) is 2.70. The molecule has 1 aliphatic rings. The van der Waals surface area contributed by atoms with E-state index in [1.54, 1.807) is 0 Å². The van der Waals surface area contributed by atoms with Crippen molar-refractivity contribution < 1.29 is 14.6 Å². The lowest BCUT2D eigenvalue weighted by atomic mass is 9.93. The number of benzene rings is 1. The van der Waals surface area contributed by atoms with E-state index in [0.29, 0.717) is 19.6 Å². The Kier molecular flexibility index (Phi) is 4.65. The van der Waals surface area contributed by atoms with Crippen LogP contribution in [0.15, 0.2) is 24.3 Å². The number of rotatable bonds is 6. The van der Waals surface area contributed by atoms with Crippen LogP contribution in [0.5, 0.6) is 5.75 Å². The Hall–Kier alpha value is -1.55. The molecule has 1 heterocycles. The number of hydrogen-bond acceptors (Lipinski definition) is 3. The van der Waals surface area contributed by atoms with E-state index in [9.17, 15) is 9.90 Å². The first-order chi connectivity index (χ1) is 9.58. The lowest BCUT2D eigenvalue weighted by Gasteiger charge is -2.33. The molecule has 0 radical (unpaired) electrons. The Morgan fingerprint density at radius 1 is 1.40 bits per heavy atom. The van der Waals surface area contributed by atoms with Gasteiger partial charge in [-0.2, -0.15) is 0 Å². The minimum absolute atomic E-state index is 0.526. The van der Waals surface area contributed by atoms with Crippen LogP contribution in [-0.2, 0) is 4.79 Å². The van der Waals surface area contributed by atoms with Gasteiger partial charge >= 0.3 is 5.97 Å². The standard InChI is InChI=1S/C16H23NO3/c1-3-16(15(18)19)9-4-10-17(16)11-12-20-14-7-5-13(2)6-8-14/h5-8H,3-4,9-12H2,1-2H3,(H,18,19). The van der Waals surface area contributed by atoms with Crippen LogP contribution >= 0.6 is 0 Å². The van der Waals surface area contributed by atoms with Crippen molar-refractivity contribution in [3.05, 3.63) is 29.8 Å². The lowest BCUT2D eigenvalue weighted by molar-refractivity contribution is -0.150. The summed E-state index contributed by atoms with van der Waals surface area (Å²) in [5.74, 6) is 0.139. The molecule has 20 heavy (non-hydrogen) atoms. The number of carboxylic acid groups (broad SMARTS) is 1. The molecule has 1 N–H and O–H groups in total. The van der Waals surface area contributed by atoms with Gasteiger partial charge in [0, 0.05) is 6.54 Å². The van der Waals surface area contributed by atoms with Crippen LogP contribution in [0.3, 0.4) is 0 Å². The van der Waals surface area contributed by atoms with Crippen LogP contribution in [0.1, 0.15) is 31.7 Å². The fourth-order valence-electron chi connectivity index (χ4n) is 2.96. The average Bonchev–Trinajstić information content (AvgIpc) is 2.85. The van der Waals surface area contributed by atoms with Gasteiger partial charge in [-0.25, -0.2) is 0 Å². The summed E-state index contributed by atoms with van der Waals surface area (Å²) in [7, 11) is 0. The lowest BCUT2D eigenvalue weighted by Crippen LogP contribution is -2.51. The minimum atomic E-state index is -0.701. The molecule has 0 spiro atoms. The molecule has 2 rings (SSSR count). The summed E-state index contributed by atoms with van der Waals surface area (Å²) >= 11 is 0. The first kappa shape index (κ1) is 14.9. The van der Waals surface area contributed by atoms with Crippen LogP contribution in [0.4, 0.5) is 0 Å². The molecule has 0 aliphatic carbocycles. The van der Waals surface area contributed by atoms with Gasteiger partial charge < -0.3 is 9.84 Å². The fourth-order valence-corrected chi connectivity index (χ4v) is 2.96. The summed E-state index contributed by atoms with van der Waals surface area (Å²) in [6.45, 7) is 6.02. The monoisotopic (exact) mass is 277 g/mol. The predicted molar refractivity (Wildman–Crippen MR) is 78.1 cm³/mol. The molecule has 1 atom stereocenters. The highest BCUT2D eigenvalue weighted by Crippen LogP contribution is 2.32. The summed E-state index contributed by atoms with van der Waals surface area (Å²) in [6, 6.07) is 7.92. The number of likely N-dealkylation sites (tertiary alicyclic amines) is 1. The Morgan fingerprint density at radius 3 is 2.70 bits per heavy atom. The Bertz CT molecular complexity index is 457. The zero-order chi connectivity index (χ0) is 14.6. The maximum absolute atomic E-state index is 11.6. The molecule has 110 valence electrons. The van der Waals surface area contributed by atoms with Crippen LogP contribution in [0, 0.1) is 6.92 Å². The zero-order valence-electron chi connectivity index (χ0n) is 12.3. The van der Waals surface area contributed by atoms with Gasteiger partial charge in [-0.3, -0.25) is 9.69 Å². The zero-order valence-corrected chi connectivity index (χ0v) is 12.3. The van der Waals surface area contributed by atoms with Crippen molar-refractivity contribution >= 4 is 5.97 Å². The summed E-state index contributed by atoms with van der Waals surface area (Å²) in [4.78, 5) is 13.6. The van der Waals surface area contributed by atoms with Crippen molar-refractivity contribution in [1.29, 1.82) is 0 Å². The van der Waals surface area contributed by atoms with Crippen molar-refractivity contribution in [3.63, 3.8) is 0 Å². The summed E-state index contributed by atoms with van der Waals surface area (Å²) in [5.41, 5.74) is 0.518. The van der Waals surface area contributed by atoms with E-state index in [0.717, 1.165) is 25.1 Å². The summed E-state index contributed by atoms with van der Waals surface area (Å²) in [5, 5.41) is 9.50. The highest BCUT2D eigenvalue weighted by molar-refractivity contribution is 5.79. The topological polar surface area (TPSA) is 49.8 Å². The second-order valence-corrected chi connectivity index (χ2v) is 5.44. The maximum Gasteiger partial charge on any atom is 0.324 e. The van der Waals surface area contributed by atoms with E-state index < -0.39 is 11.5 Å². The highest BCUT2D eigenvalue weighted by Gasteiger charge is 2.45. The molecule has 4 nitrogen and oxygen atoms in total.